The van der Waals surface area contributed by atoms with Gasteiger partial charge in [-0.15, -0.1) is 11.8 Å². The van der Waals surface area contributed by atoms with E-state index in [4.69, 9.17) is 16.3 Å². The Morgan fingerprint density at radius 2 is 1.45 bits per heavy atom. The van der Waals surface area contributed by atoms with Crippen molar-refractivity contribution in [2.45, 2.75) is 84.5 Å². The minimum absolute atomic E-state index is 0.0197. The number of nitrogens with zero attached hydrogens (tertiary/aromatic N) is 7. The van der Waals surface area contributed by atoms with Crippen LogP contribution in [0.3, 0.4) is 0 Å². The third-order valence-corrected chi connectivity index (χ3v) is 23.4. The summed E-state index contributed by atoms with van der Waals surface area (Å²) in [5, 5.41) is 6.00. The van der Waals surface area contributed by atoms with Gasteiger partial charge in [0.05, 0.1) is 22.9 Å². The van der Waals surface area contributed by atoms with Crippen LogP contribution in [0.5, 0.6) is 0 Å². The lowest BCUT2D eigenvalue weighted by Gasteiger charge is -2.44. The number of imide groups is 1. The van der Waals surface area contributed by atoms with Crippen molar-refractivity contribution >= 4 is 89.4 Å². The summed E-state index contributed by atoms with van der Waals surface area (Å²) < 4.78 is 120. The number of thioether (sulfide) groups is 1. The van der Waals surface area contributed by atoms with Crippen LogP contribution in [0.25, 0.3) is 5.57 Å². The van der Waals surface area contributed by atoms with Crippen LogP contribution >= 0.6 is 23.4 Å². The Morgan fingerprint density at radius 3 is 2.15 bits per heavy atom. The molecule has 2 atom stereocenters. The van der Waals surface area contributed by atoms with Crippen LogP contribution in [0, 0.1) is 17.2 Å². The van der Waals surface area contributed by atoms with Crippen LogP contribution in [0.2, 0.25) is 5.02 Å². The normalized spacial score (nSPS) is 21.1. The fourth-order valence-corrected chi connectivity index (χ4v) is 17.0. The number of halogens is 5. The molecule has 6 aliphatic rings. The first-order chi connectivity index (χ1) is 45.0. The predicted molar refractivity (Wildman–Crippen MR) is 361 cm³/mol. The molecule has 11 rings (SSSR count). The molecule has 5 aromatic rings. The van der Waals surface area contributed by atoms with Crippen molar-refractivity contribution in [2.24, 2.45) is 11.3 Å². The lowest BCUT2D eigenvalue weighted by molar-refractivity contribution is -0.120. The van der Waals surface area contributed by atoms with Gasteiger partial charge in [-0.1, -0.05) is 54.4 Å². The second kappa shape index (κ2) is 30.4. The maximum absolute atomic E-state index is 15.0. The zero-order valence-corrected chi connectivity index (χ0v) is 56.1. The van der Waals surface area contributed by atoms with Crippen molar-refractivity contribution < 1.29 is 53.5 Å². The third-order valence-electron chi connectivity index (χ3n) is 19.1. The second-order valence-corrected chi connectivity index (χ2v) is 31.0. The fourth-order valence-electron chi connectivity index (χ4n) is 13.8. The Morgan fingerprint density at radius 1 is 0.755 bits per heavy atom. The van der Waals surface area contributed by atoms with Gasteiger partial charge in [-0.3, -0.25) is 29.6 Å². The molecule has 5 aromatic carbocycles. The molecule has 1 aliphatic carbocycles. The molecule has 26 heteroatoms. The van der Waals surface area contributed by atoms with E-state index < -0.39 is 64.6 Å². The van der Waals surface area contributed by atoms with E-state index in [1.165, 1.54) is 51.6 Å². The van der Waals surface area contributed by atoms with E-state index in [1.54, 1.807) is 24.3 Å². The number of rotatable bonds is 22. The maximum Gasteiger partial charge on any atom is 0.501 e. The van der Waals surface area contributed by atoms with E-state index in [0.29, 0.717) is 68.6 Å². The Kier molecular flexibility index (Phi) is 22.4. The summed E-state index contributed by atoms with van der Waals surface area (Å²) in [5.74, 6) is -0.942. The highest BCUT2D eigenvalue weighted by Gasteiger charge is 2.49. The molecule has 0 unspecified atom stereocenters. The predicted octanol–water partition coefficient (Wildman–Crippen LogP) is 10.3. The van der Waals surface area contributed by atoms with E-state index in [1.807, 2.05) is 47.2 Å². The van der Waals surface area contributed by atoms with Gasteiger partial charge in [0.1, 0.15) is 10.7 Å². The highest BCUT2D eigenvalue weighted by Crippen LogP contribution is 2.45. The molecule has 0 aromatic heterocycles. The van der Waals surface area contributed by atoms with E-state index in [2.05, 4.69) is 59.1 Å². The molecule has 0 spiro atoms. The minimum atomic E-state index is -6.10. The molecule has 5 saturated heterocycles. The Bertz CT molecular complexity index is 3730. The summed E-state index contributed by atoms with van der Waals surface area (Å²) in [5.41, 5.74) is -0.241. The van der Waals surface area contributed by atoms with Crippen LogP contribution in [-0.2, 0) is 29.4 Å². The number of amides is 4. The first-order valence-electron chi connectivity index (χ1n) is 32.5. The molecule has 4 amide bonds. The number of nitrogens with one attached hydrogen (secondary N) is 3. The molecular formula is C68H83ClF4N10O8S3. The summed E-state index contributed by atoms with van der Waals surface area (Å²) in [6, 6.07) is 30.2. The van der Waals surface area contributed by atoms with Gasteiger partial charge in [-0.25, -0.2) is 30.7 Å². The Hall–Kier alpha value is -6.29. The second-order valence-electron chi connectivity index (χ2n) is 25.9. The number of alkyl halides is 3. The Labute approximate surface area is 558 Å². The number of likely N-dealkylation sites (tertiary alicyclic amines) is 1. The third kappa shape index (κ3) is 17.5. The van der Waals surface area contributed by atoms with Crippen LogP contribution < -0.4 is 30.1 Å². The topological polar surface area (TPSA) is 187 Å². The Balaban J connectivity index is 0.675. The maximum atomic E-state index is 15.0. The van der Waals surface area contributed by atoms with Crippen LogP contribution in [0.4, 0.5) is 45.1 Å². The standard InChI is InChI=1S/C68H83ClF4N10O8S3/c1-67(48-80-27-21-49(22-28-80)45-78-31-37-82(38-32-78)56-16-18-60(70)62(42-56)83-30-24-64(84)75-66(83)86)25-20-59(50-8-12-53(69)13-9-50)52(44-67)46-79-33-35-81(36-34-79)55-14-10-51(11-15-55)65(85)76-94(89,90)58-17-19-61(63(43-58)93(87,88)68(71,72)73)74-54(47-92-57-6-3-2-4-7-57)23-29-77-26-5-40-91-41-39-77/h2-4,6-19,42-43,49,54,74H,5,20-41,44-48H2,1H3,(H,76,85)(H,75,84,86)/t54-,67-/m1/s1. The number of allylic oxidation sites excluding steroid dienone is 1. The summed E-state index contributed by atoms with van der Waals surface area (Å²) >= 11 is 7.84. The number of benzene rings is 5. The van der Waals surface area contributed by atoms with E-state index in [0.717, 1.165) is 145 Å². The van der Waals surface area contributed by atoms with Crippen LogP contribution in [0.15, 0.2) is 136 Å². The molecule has 18 nitrogen and oxygen atoms in total. The van der Waals surface area contributed by atoms with Crippen LogP contribution in [0.1, 0.15) is 74.2 Å². The number of carbonyl (C=O) groups is 3. The zero-order chi connectivity index (χ0) is 66.2. The van der Waals surface area contributed by atoms with Gasteiger partial charge in [-0.05, 0) is 165 Å². The summed E-state index contributed by atoms with van der Waals surface area (Å²) in [6.45, 7) is 17.0. The molecule has 0 radical (unpaired) electrons. The lowest BCUT2D eigenvalue weighted by atomic mass is 9.71. The number of hydrogen-bond acceptors (Lipinski definition) is 16. The molecule has 5 heterocycles. The monoisotopic (exact) mass is 1370 g/mol. The highest BCUT2D eigenvalue weighted by molar-refractivity contribution is 7.99. The van der Waals surface area contributed by atoms with Gasteiger partial charge in [0.25, 0.3) is 25.8 Å². The first kappa shape index (κ1) is 69.1. The number of piperidine rings is 1. The van der Waals surface area contributed by atoms with Crippen molar-refractivity contribution in [3.8, 4) is 0 Å². The summed E-state index contributed by atoms with van der Waals surface area (Å²) in [6.07, 6.45) is 6.63. The van der Waals surface area contributed by atoms with Crippen molar-refractivity contribution in [1.82, 2.24) is 29.6 Å². The van der Waals surface area contributed by atoms with Gasteiger partial charge in [0.2, 0.25) is 5.91 Å². The number of hydrogen-bond donors (Lipinski definition) is 3. The zero-order valence-electron chi connectivity index (χ0n) is 52.9. The number of sulfonamides is 1. The average molecular weight is 1380 g/mol. The summed E-state index contributed by atoms with van der Waals surface area (Å²) in [7, 11) is -11.0. The van der Waals surface area contributed by atoms with Gasteiger partial charge >= 0.3 is 11.5 Å². The number of urea groups is 1. The van der Waals surface area contributed by atoms with Crippen LogP contribution in [-0.4, -0.2) is 196 Å². The minimum Gasteiger partial charge on any atom is -0.380 e. The lowest BCUT2D eigenvalue weighted by Crippen LogP contribution is -2.50. The molecular weight excluding hydrogens is 1290 g/mol. The molecule has 5 aliphatic heterocycles. The molecule has 3 N–H and O–H groups in total. The highest BCUT2D eigenvalue weighted by atomic mass is 35.5. The number of ether oxygens (including phenoxy) is 1. The molecule has 0 saturated carbocycles. The first-order valence-corrected chi connectivity index (χ1v) is 36.8. The van der Waals surface area contributed by atoms with Gasteiger partial charge in [-0.2, -0.15) is 13.2 Å². The largest absolute Gasteiger partial charge is 0.501 e. The number of carbonyl (C=O) groups excluding carboxylic acids is 3. The van der Waals surface area contributed by atoms with Crippen molar-refractivity contribution in [3.05, 3.63) is 143 Å². The van der Waals surface area contributed by atoms with Gasteiger partial charge in [0.15, 0.2) is 0 Å². The van der Waals surface area contributed by atoms with Crippen molar-refractivity contribution in [2.75, 3.05) is 150 Å². The summed E-state index contributed by atoms with van der Waals surface area (Å²) in [4.78, 5) is 52.3. The number of anilines is 4. The van der Waals surface area contributed by atoms with E-state index >= 15 is 0 Å². The fraction of sp³-hybridized carbons (Fsp3) is 0.485. The van der Waals surface area contributed by atoms with E-state index in [-0.39, 0.29) is 35.5 Å². The SMILES string of the molecule is C[C@@]1(CN2CCC(CN3CCN(c4ccc(F)c(N5CCC(=O)NC5=O)c4)CC3)CC2)CCC(c2ccc(Cl)cc2)=C(CN2CCN(c3ccc(C(=O)NS(=O)(=O)c4ccc(N[C@H](CCN5CCCOCC5)CSc5ccccc5)c(S(=O)(=O)C(F)(F)F)c4)cc3)CC2)C1. The number of piperazine rings is 2. The molecule has 506 valence electrons. The van der Waals surface area contributed by atoms with Crippen molar-refractivity contribution in [1.29, 1.82) is 0 Å². The molecule has 5 fully saturated rings. The molecule has 94 heavy (non-hydrogen) atoms. The number of sulfone groups is 1. The van der Waals surface area contributed by atoms with Crippen molar-refractivity contribution in [3.63, 3.8) is 0 Å². The average Bonchev–Trinajstić information content (AvgIpc) is 0.834. The van der Waals surface area contributed by atoms with Gasteiger partial charge in [0, 0.05) is 150 Å². The molecule has 0 bridgehead atoms. The quantitative estimate of drug-likeness (QED) is 0.0438. The van der Waals surface area contributed by atoms with Gasteiger partial charge < -0.3 is 29.7 Å². The smallest absolute Gasteiger partial charge is 0.380 e. The van der Waals surface area contributed by atoms with E-state index in [9.17, 15) is 48.8 Å².